The molecule has 7 heteroatoms. The first-order valence-electron chi connectivity index (χ1n) is 6.70. The molecule has 0 radical (unpaired) electrons. The second-order valence-electron chi connectivity index (χ2n) is 4.79. The summed E-state index contributed by atoms with van der Waals surface area (Å²) in [6.45, 7) is 0.449. The zero-order valence-corrected chi connectivity index (χ0v) is 13.2. The molecule has 22 heavy (non-hydrogen) atoms. The summed E-state index contributed by atoms with van der Waals surface area (Å²) >= 11 is 5.08. The molecule has 0 saturated carbocycles. The van der Waals surface area contributed by atoms with Gasteiger partial charge in [-0.05, 0) is 42.5 Å². The molecule has 1 heterocycles. The van der Waals surface area contributed by atoms with Crippen LogP contribution in [0.2, 0.25) is 0 Å². The Kier molecular flexibility index (Phi) is 5.37. The maximum Gasteiger partial charge on any atom is 0.269 e. The number of thiocarbonyl (C=S) groups is 1. The number of anilines is 1. The van der Waals surface area contributed by atoms with Gasteiger partial charge in [-0.1, -0.05) is 6.07 Å². The van der Waals surface area contributed by atoms with E-state index in [1.54, 1.807) is 24.5 Å². The molecule has 1 aromatic carbocycles. The molecule has 0 aliphatic rings. The van der Waals surface area contributed by atoms with E-state index < -0.39 is 0 Å². The van der Waals surface area contributed by atoms with Crippen molar-refractivity contribution in [2.24, 2.45) is 0 Å². The highest BCUT2D eigenvalue weighted by Gasteiger charge is 2.07. The van der Waals surface area contributed by atoms with Gasteiger partial charge in [0.1, 0.15) is 5.76 Å². The smallest absolute Gasteiger partial charge is 0.269 e. The minimum atomic E-state index is -0.258. The van der Waals surface area contributed by atoms with Gasteiger partial charge in [0.05, 0.1) is 12.8 Å². The van der Waals surface area contributed by atoms with Gasteiger partial charge in [0, 0.05) is 25.3 Å². The Labute approximate surface area is 134 Å². The molecule has 0 aliphatic heterocycles. The molecule has 0 unspecified atom stereocenters. The van der Waals surface area contributed by atoms with Crippen LogP contribution in [0.3, 0.4) is 0 Å². The molecule has 116 valence electrons. The van der Waals surface area contributed by atoms with Gasteiger partial charge in [0.15, 0.2) is 5.11 Å². The van der Waals surface area contributed by atoms with E-state index in [1.165, 1.54) is 0 Å². The predicted molar refractivity (Wildman–Crippen MR) is 89.5 cm³/mol. The Morgan fingerprint density at radius 2 is 2.05 bits per heavy atom. The topological polar surface area (TPSA) is 69.5 Å². The standard InChI is InChI=1S/C15H18N4O2S/c1-19(2)12-6-3-5-11(9-12)14(20)17-18-15(22)16-10-13-7-4-8-21-13/h3-9H,10H2,1-2H3,(H,17,20)(H2,16,18,22). The van der Waals surface area contributed by atoms with Crippen LogP contribution in [0.5, 0.6) is 0 Å². The van der Waals surface area contributed by atoms with Crippen LogP contribution >= 0.6 is 12.2 Å². The maximum absolute atomic E-state index is 12.1. The Balaban J connectivity index is 1.81. The summed E-state index contributed by atoms with van der Waals surface area (Å²) in [7, 11) is 3.84. The zero-order valence-electron chi connectivity index (χ0n) is 12.4. The number of benzene rings is 1. The molecule has 2 aromatic rings. The molecule has 0 aliphatic carbocycles. The van der Waals surface area contributed by atoms with Crippen molar-refractivity contribution < 1.29 is 9.21 Å². The number of carbonyl (C=O) groups excluding carboxylic acids is 1. The molecule has 1 amide bonds. The van der Waals surface area contributed by atoms with Gasteiger partial charge in [-0.15, -0.1) is 0 Å². The van der Waals surface area contributed by atoms with Gasteiger partial charge in [0.25, 0.3) is 5.91 Å². The minimum absolute atomic E-state index is 0.258. The number of rotatable bonds is 4. The van der Waals surface area contributed by atoms with E-state index in [9.17, 15) is 4.79 Å². The summed E-state index contributed by atoms with van der Waals surface area (Å²) in [6.07, 6.45) is 1.59. The Hall–Kier alpha value is -2.54. The average Bonchev–Trinajstić information content (AvgIpc) is 3.04. The highest BCUT2D eigenvalue weighted by Crippen LogP contribution is 2.12. The fourth-order valence-corrected chi connectivity index (χ4v) is 1.86. The van der Waals surface area contributed by atoms with Crippen molar-refractivity contribution in [1.29, 1.82) is 0 Å². The predicted octanol–water partition coefficient (Wildman–Crippen LogP) is 1.65. The van der Waals surface area contributed by atoms with Crippen LogP contribution in [0, 0.1) is 0 Å². The van der Waals surface area contributed by atoms with Crippen molar-refractivity contribution >= 4 is 28.9 Å². The third-order valence-electron chi connectivity index (χ3n) is 2.92. The minimum Gasteiger partial charge on any atom is -0.467 e. The van der Waals surface area contributed by atoms with Crippen LogP contribution in [0.15, 0.2) is 47.1 Å². The lowest BCUT2D eigenvalue weighted by Crippen LogP contribution is -2.46. The third-order valence-corrected chi connectivity index (χ3v) is 3.16. The lowest BCUT2D eigenvalue weighted by Gasteiger charge is -2.14. The van der Waals surface area contributed by atoms with Gasteiger partial charge in [-0.25, -0.2) is 0 Å². The molecule has 6 nitrogen and oxygen atoms in total. The SMILES string of the molecule is CN(C)c1cccc(C(=O)NNC(=S)NCc2ccco2)c1. The van der Waals surface area contributed by atoms with Crippen molar-refractivity contribution in [2.45, 2.75) is 6.54 Å². The zero-order chi connectivity index (χ0) is 15.9. The number of carbonyl (C=O) groups is 1. The number of furan rings is 1. The lowest BCUT2D eigenvalue weighted by atomic mass is 10.2. The van der Waals surface area contributed by atoms with Crippen LogP contribution in [-0.4, -0.2) is 25.1 Å². The molecule has 3 N–H and O–H groups in total. The van der Waals surface area contributed by atoms with Crippen molar-refractivity contribution in [3.05, 3.63) is 54.0 Å². The van der Waals surface area contributed by atoms with Crippen molar-refractivity contribution in [1.82, 2.24) is 16.2 Å². The van der Waals surface area contributed by atoms with Crippen molar-refractivity contribution in [3.8, 4) is 0 Å². The van der Waals surface area contributed by atoms with Crippen LogP contribution in [-0.2, 0) is 6.54 Å². The van der Waals surface area contributed by atoms with Crippen LogP contribution in [0.25, 0.3) is 0 Å². The number of hydrogen-bond donors (Lipinski definition) is 3. The summed E-state index contributed by atoms with van der Waals surface area (Å²) in [4.78, 5) is 14.0. The number of hydrogen-bond acceptors (Lipinski definition) is 4. The Bertz CT molecular complexity index is 641. The van der Waals surface area contributed by atoms with Gasteiger partial charge >= 0.3 is 0 Å². The van der Waals surface area contributed by atoms with Crippen LogP contribution in [0.1, 0.15) is 16.1 Å². The van der Waals surface area contributed by atoms with E-state index in [4.69, 9.17) is 16.6 Å². The Morgan fingerprint density at radius 3 is 2.73 bits per heavy atom. The second kappa shape index (κ2) is 7.46. The molecule has 1 aromatic heterocycles. The highest BCUT2D eigenvalue weighted by molar-refractivity contribution is 7.80. The van der Waals surface area contributed by atoms with Gasteiger partial charge in [-0.2, -0.15) is 0 Å². The second-order valence-corrected chi connectivity index (χ2v) is 5.19. The fourth-order valence-electron chi connectivity index (χ4n) is 1.74. The molecular weight excluding hydrogens is 300 g/mol. The summed E-state index contributed by atoms with van der Waals surface area (Å²) in [5.74, 6) is 0.500. The number of nitrogens with zero attached hydrogens (tertiary/aromatic N) is 1. The van der Waals surface area contributed by atoms with E-state index in [1.807, 2.05) is 37.2 Å². The van der Waals surface area contributed by atoms with E-state index in [-0.39, 0.29) is 5.91 Å². The first-order valence-corrected chi connectivity index (χ1v) is 7.11. The van der Waals surface area contributed by atoms with E-state index in [2.05, 4.69) is 16.2 Å². The van der Waals surface area contributed by atoms with E-state index in [0.29, 0.717) is 17.2 Å². The summed E-state index contributed by atoms with van der Waals surface area (Å²) in [5, 5.41) is 3.24. The number of hydrazine groups is 1. The summed E-state index contributed by atoms with van der Waals surface area (Å²) in [6, 6.07) is 10.9. The largest absolute Gasteiger partial charge is 0.467 e. The summed E-state index contributed by atoms with van der Waals surface area (Å²) < 4.78 is 5.17. The monoisotopic (exact) mass is 318 g/mol. The van der Waals surface area contributed by atoms with Gasteiger partial charge in [-0.3, -0.25) is 15.6 Å². The van der Waals surface area contributed by atoms with Crippen molar-refractivity contribution in [2.75, 3.05) is 19.0 Å². The lowest BCUT2D eigenvalue weighted by molar-refractivity contribution is 0.0943. The fraction of sp³-hybridized carbons (Fsp3) is 0.200. The molecule has 2 rings (SSSR count). The van der Waals surface area contributed by atoms with E-state index >= 15 is 0 Å². The third kappa shape index (κ3) is 4.49. The van der Waals surface area contributed by atoms with Gasteiger partial charge in [0.2, 0.25) is 0 Å². The summed E-state index contributed by atoms with van der Waals surface area (Å²) in [5.41, 5.74) is 6.71. The molecule has 0 atom stereocenters. The average molecular weight is 318 g/mol. The number of amides is 1. The molecular formula is C15H18N4O2S. The molecule has 0 saturated heterocycles. The number of nitrogens with one attached hydrogen (secondary N) is 3. The molecule has 0 spiro atoms. The first kappa shape index (κ1) is 15.8. The van der Waals surface area contributed by atoms with Crippen molar-refractivity contribution in [3.63, 3.8) is 0 Å². The Morgan fingerprint density at radius 1 is 1.23 bits per heavy atom. The highest BCUT2D eigenvalue weighted by atomic mass is 32.1. The molecule has 0 fully saturated rings. The van der Waals surface area contributed by atoms with Gasteiger partial charge < -0.3 is 14.6 Å². The maximum atomic E-state index is 12.1. The van der Waals surface area contributed by atoms with Crippen LogP contribution < -0.4 is 21.1 Å². The normalized spacial score (nSPS) is 9.91. The quantitative estimate of drug-likeness (QED) is 0.588. The van der Waals surface area contributed by atoms with Crippen LogP contribution in [0.4, 0.5) is 5.69 Å². The first-order chi connectivity index (χ1) is 10.6. The molecule has 0 bridgehead atoms. The van der Waals surface area contributed by atoms with E-state index in [0.717, 1.165) is 11.4 Å².